The van der Waals surface area contributed by atoms with Crippen molar-refractivity contribution in [1.29, 1.82) is 0 Å². The number of benzene rings is 1. The Morgan fingerprint density at radius 2 is 1.80 bits per heavy atom. The van der Waals surface area contributed by atoms with Crippen LogP contribution in [0, 0.1) is 11.7 Å². The van der Waals surface area contributed by atoms with Crippen LogP contribution >= 0.6 is 0 Å². The minimum Gasteiger partial charge on any atom is -0.475 e. The average Bonchev–Trinajstić information content (AvgIpc) is 2.79. The number of aliphatic hydroxyl groups is 1. The fourth-order valence-corrected chi connectivity index (χ4v) is 4.74. The summed E-state index contributed by atoms with van der Waals surface area (Å²) in [7, 11) is 0. The number of halogens is 3. The number of nitrogens with zero attached hydrogens (tertiary/aromatic N) is 3. The lowest BCUT2D eigenvalue weighted by atomic mass is 9.76. The summed E-state index contributed by atoms with van der Waals surface area (Å²) in [5, 5.41) is 13.2. The molecule has 10 heteroatoms. The summed E-state index contributed by atoms with van der Waals surface area (Å²) in [6, 6.07) is 7.80. The Labute approximate surface area is 203 Å². The summed E-state index contributed by atoms with van der Waals surface area (Å²) >= 11 is 0. The van der Waals surface area contributed by atoms with Gasteiger partial charge in [0.25, 0.3) is 11.8 Å². The molecule has 1 aromatic carbocycles. The summed E-state index contributed by atoms with van der Waals surface area (Å²) in [6.07, 6.45) is 2.04. The lowest BCUT2D eigenvalue weighted by Gasteiger charge is -2.39. The first-order valence-electron chi connectivity index (χ1n) is 12.1. The summed E-state index contributed by atoms with van der Waals surface area (Å²) in [5.41, 5.74) is -0.163. The van der Waals surface area contributed by atoms with Gasteiger partial charge in [0.15, 0.2) is 0 Å². The third kappa shape index (κ3) is 6.16. The number of rotatable bonds is 7. The fourth-order valence-electron chi connectivity index (χ4n) is 4.74. The summed E-state index contributed by atoms with van der Waals surface area (Å²) in [5.74, 6) is -3.94. The van der Waals surface area contributed by atoms with Crippen LogP contribution in [0.3, 0.4) is 0 Å². The van der Waals surface area contributed by atoms with Crippen LogP contribution < -0.4 is 15.0 Å². The zero-order valence-electron chi connectivity index (χ0n) is 20.3. The first kappa shape index (κ1) is 25.5. The zero-order valence-corrected chi connectivity index (χ0v) is 20.3. The van der Waals surface area contributed by atoms with E-state index in [1.807, 2.05) is 24.3 Å². The lowest BCUT2D eigenvalue weighted by Crippen LogP contribution is -2.49. The molecule has 0 spiro atoms. The second-order valence-electron chi connectivity index (χ2n) is 9.86. The second-order valence-corrected chi connectivity index (χ2v) is 9.86. The highest BCUT2D eigenvalue weighted by Gasteiger charge is 2.50. The minimum absolute atomic E-state index is 0.0259. The van der Waals surface area contributed by atoms with Crippen LogP contribution in [0.4, 0.5) is 30.5 Å². The molecule has 0 unspecified atom stereocenters. The van der Waals surface area contributed by atoms with E-state index in [9.17, 15) is 18.3 Å². The van der Waals surface area contributed by atoms with Gasteiger partial charge in [-0.3, -0.25) is 0 Å². The Morgan fingerprint density at radius 3 is 2.40 bits per heavy atom. The molecule has 0 bridgehead atoms. The molecule has 0 amide bonds. The molecule has 1 aliphatic carbocycles. The van der Waals surface area contributed by atoms with Crippen molar-refractivity contribution in [2.45, 2.75) is 70.2 Å². The molecule has 2 atom stereocenters. The smallest absolute Gasteiger partial charge is 0.273 e. The number of morpholine rings is 1. The average molecular weight is 495 g/mol. The van der Waals surface area contributed by atoms with Crippen LogP contribution in [0.25, 0.3) is 0 Å². The van der Waals surface area contributed by atoms with E-state index in [1.54, 1.807) is 0 Å². The Bertz CT molecular complexity index is 984. The van der Waals surface area contributed by atoms with E-state index in [1.165, 1.54) is 0 Å². The number of hydrogen-bond donors (Lipinski definition) is 2. The Balaban J connectivity index is 1.33. The van der Waals surface area contributed by atoms with Crippen molar-refractivity contribution >= 4 is 17.3 Å². The molecule has 4 rings (SSSR count). The Hall–Kier alpha value is -2.59. The third-order valence-corrected chi connectivity index (χ3v) is 6.83. The minimum atomic E-state index is -3.16. The van der Waals surface area contributed by atoms with Gasteiger partial charge >= 0.3 is 0 Å². The highest BCUT2D eigenvalue weighted by Crippen LogP contribution is 2.42. The molecule has 1 aromatic heterocycles. The molecule has 7 nitrogen and oxygen atoms in total. The largest absolute Gasteiger partial charge is 0.475 e. The first-order valence-corrected chi connectivity index (χ1v) is 12.1. The van der Waals surface area contributed by atoms with Gasteiger partial charge < -0.3 is 24.8 Å². The van der Waals surface area contributed by atoms with E-state index in [2.05, 4.69) is 34.0 Å². The maximum absolute atomic E-state index is 14.2. The highest BCUT2D eigenvalue weighted by atomic mass is 19.3. The third-order valence-electron chi connectivity index (χ3n) is 6.83. The molecule has 2 fully saturated rings. The van der Waals surface area contributed by atoms with E-state index in [-0.39, 0.29) is 49.4 Å². The van der Waals surface area contributed by atoms with Crippen molar-refractivity contribution in [3.05, 3.63) is 36.3 Å². The van der Waals surface area contributed by atoms with E-state index in [0.717, 1.165) is 37.6 Å². The normalized spacial score (nSPS) is 27.5. The molecule has 2 heterocycles. The zero-order chi connectivity index (χ0) is 25.2. The van der Waals surface area contributed by atoms with Gasteiger partial charge in [-0.15, -0.1) is 0 Å². The highest BCUT2D eigenvalue weighted by molar-refractivity contribution is 5.59. The van der Waals surface area contributed by atoms with Crippen molar-refractivity contribution in [2.75, 3.05) is 29.9 Å². The first-order chi connectivity index (χ1) is 16.5. The standard InChI is InChI=1S/C25H33F3N4O3/c1-16-13-32(14-17(2)35-16)20-6-4-19(5-7-20)30-23-29-12-21(26)22(31-23)34-15-18-8-10-25(33,11-9-18)24(3,27)28/h4-7,12,16-18,33H,8-11,13-15H2,1-3H3,(H,29,30,31)/t16-,17+,18?,25?. The lowest BCUT2D eigenvalue weighted by molar-refractivity contribution is -0.189. The van der Waals surface area contributed by atoms with Gasteiger partial charge in [0, 0.05) is 31.4 Å². The molecule has 1 saturated heterocycles. The maximum Gasteiger partial charge on any atom is 0.273 e. The number of hydrogen-bond acceptors (Lipinski definition) is 7. The van der Waals surface area contributed by atoms with E-state index in [0.29, 0.717) is 12.8 Å². The number of aromatic nitrogens is 2. The van der Waals surface area contributed by atoms with Crippen molar-refractivity contribution < 1.29 is 27.8 Å². The summed E-state index contributed by atoms with van der Waals surface area (Å²) in [4.78, 5) is 10.4. The monoisotopic (exact) mass is 494 g/mol. The topological polar surface area (TPSA) is 79.7 Å². The number of nitrogens with one attached hydrogen (secondary N) is 1. The molecule has 35 heavy (non-hydrogen) atoms. The Kier molecular flexibility index (Phi) is 7.42. The fraction of sp³-hybridized carbons (Fsp3) is 0.600. The molecule has 2 aromatic rings. The van der Waals surface area contributed by atoms with Gasteiger partial charge in [0.2, 0.25) is 11.8 Å². The van der Waals surface area contributed by atoms with Gasteiger partial charge in [-0.1, -0.05) is 0 Å². The van der Waals surface area contributed by atoms with Crippen LogP contribution in [0.2, 0.25) is 0 Å². The van der Waals surface area contributed by atoms with Gasteiger partial charge in [-0.25, -0.2) is 13.8 Å². The molecule has 0 radical (unpaired) electrons. The molecule has 1 saturated carbocycles. The molecule has 1 aliphatic heterocycles. The van der Waals surface area contributed by atoms with Gasteiger partial charge in [-0.05, 0) is 69.7 Å². The molecule has 2 N–H and O–H groups in total. The van der Waals surface area contributed by atoms with Gasteiger partial charge in [-0.2, -0.15) is 9.37 Å². The van der Waals surface area contributed by atoms with E-state index < -0.39 is 17.3 Å². The predicted octanol–water partition coefficient (Wildman–Crippen LogP) is 4.93. The number of anilines is 3. The SMILES string of the molecule is C[C@@H]1CN(c2ccc(Nc3ncc(F)c(OCC4CCC(O)(C(C)(F)F)CC4)n3)cc2)C[C@H](C)O1. The van der Waals surface area contributed by atoms with Crippen LogP contribution in [0.5, 0.6) is 5.88 Å². The van der Waals surface area contributed by atoms with Crippen molar-refractivity contribution in [3.63, 3.8) is 0 Å². The molecule has 192 valence electrons. The number of alkyl halides is 2. The Morgan fingerprint density at radius 1 is 1.17 bits per heavy atom. The van der Waals surface area contributed by atoms with Crippen molar-refractivity contribution in [1.82, 2.24) is 9.97 Å². The van der Waals surface area contributed by atoms with Crippen LogP contribution in [0.15, 0.2) is 30.5 Å². The number of ether oxygens (including phenoxy) is 2. The van der Waals surface area contributed by atoms with E-state index in [4.69, 9.17) is 9.47 Å². The maximum atomic E-state index is 14.2. The van der Waals surface area contributed by atoms with Crippen LogP contribution in [-0.2, 0) is 4.74 Å². The molecular weight excluding hydrogens is 461 g/mol. The van der Waals surface area contributed by atoms with Crippen molar-refractivity contribution in [3.8, 4) is 5.88 Å². The van der Waals surface area contributed by atoms with E-state index >= 15 is 0 Å². The molecule has 2 aliphatic rings. The van der Waals surface area contributed by atoms with Gasteiger partial charge in [0.05, 0.1) is 25.0 Å². The van der Waals surface area contributed by atoms with Crippen LogP contribution in [0.1, 0.15) is 46.5 Å². The predicted molar refractivity (Wildman–Crippen MR) is 127 cm³/mol. The second kappa shape index (κ2) is 10.2. The van der Waals surface area contributed by atoms with Gasteiger partial charge in [0.1, 0.15) is 5.60 Å². The summed E-state index contributed by atoms with van der Waals surface area (Å²) < 4.78 is 52.9. The molecular formula is C25H33F3N4O3. The van der Waals surface area contributed by atoms with Crippen LogP contribution in [-0.4, -0.2) is 58.5 Å². The van der Waals surface area contributed by atoms with Crippen molar-refractivity contribution in [2.24, 2.45) is 5.92 Å². The quantitative estimate of drug-likeness (QED) is 0.565. The summed E-state index contributed by atoms with van der Waals surface area (Å²) in [6.45, 7) is 6.62.